The summed E-state index contributed by atoms with van der Waals surface area (Å²) in [4.78, 5) is 12.7. The van der Waals surface area contributed by atoms with Crippen molar-refractivity contribution in [3.05, 3.63) is 102 Å². The fourth-order valence-electron chi connectivity index (χ4n) is 3.25. The molecule has 6 nitrogen and oxygen atoms in total. The van der Waals surface area contributed by atoms with Crippen LogP contribution in [-0.4, -0.2) is 23.2 Å². The average molecular weight is 425 g/mol. The first-order chi connectivity index (χ1) is 15.6. The fourth-order valence-corrected chi connectivity index (χ4v) is 3.25. The molecule has 0 spiro atoms. The van der Waals surface area contributed by atoms with Crippen molar-refractivity contribution < 1.29 is 14.3 Å². The predicted octanol–water partition coefficient (Wildman–Crippen LogP) is 5.18. The topological polar surface area (TPSA) is 73.3 Å². The molecule has 4 aromatic rings. The molecule has 0 bridgehead atoms. The monoisotopic (exact) mass is 425 g/mol. The lowest BCUT2D eigenvalue weighted by molar-refractivity contribution is 0.0951. The van der Waals surface area contributed by atoms with E-state index in [1.807, 2.05) is 67.6 Å². The van der Waals surface area contributed by atoms with Gasteiger partial charge in [0.25, 0.3) is 5.91 Å². The number of methoxy groups -OCH3 is 1. The second kappa shape index (κ2) is 9.75. The van der Waals surface area contributed by atoms with Crippen molar-refractivity contribution in [3.63, 3.8) is 0 Å². The summed E-state index contributed by atoms with van der Waals surface area (Å²) in [5, 5.41) is 11.4. The number of carbonyl (C=O) groups is 1. The molecule has 0 fully saturated rings. The third-order valence-corrected chi connectivity index (χ3v) is 5.04. The summed E-state index contributed by atoms with van der Waals surface area (Å²) in [5.74, 6) is 1.39. The Labute approximate surface area is 186 Å². The molecule has 1 aromatic heterocycles. The van der Waals surface area contributed by atoms with Crippen LogP contribution in [0.4, 0.5) is 0 Å². The van der Waals surface area contributed by atoms with Crippen LogP contribution >= 0.6 is 0 Å². The van der Waals surface area contributed by atoms with Gasteiger partial charge in [-0.25, -0.2) is 0 Å². The summed E-state index contributed by atoms with van der Waals surface area (Å²) in [6.07, 6.45) is 0. The van der Waals surface area contributed by atoms with E-state index < -0.39 is 0 Å². The summed E-state index contributed by atoms with van der Waals surface area (Å²) in [6, 6.07) is 26.2. The fraction of sp³-hybridized carbons (Fsp3) is 0.115. The number of hydrogen-bond donors (Lipinski definition) is 1. The lowest BCUT2D eigenvalue weighted by atomic mass is 10.1. The van der Waals surface area contributed by atoms with Gasteiger partial charge in [0.05, 0.1) is 12.8 Å². The second-order valence-electron chi connectivity index (χ2n) is 7.20. The van der Waals surface area contributed by atoms with E-state index in [1.165, 1.54) is 0 Å². The molecule has 0 saturated heterocycles. The van der Waals surface area contributed by atoms with E-state index in [9.17, 15) is 4.79 Å². The lowest BCUT2D eigenvalue weighted by Gasteiger charge is -2.10. The summed E-state index contributed by atoms with van der Waals surface area (Å²) >= 11 is 0. The van der Waals surface area contributed by atoms with Gasteiger partial charge in [-0.05, 0) is 48.4 Å². The molecule has 1 heterocycles. The van der Waals surface area contributed by atoms with Gasteiger partial charge in [-0.2, -0.15) is 0 Å². The van der Waals surface area contributed by atoms with E-state index in [1.54, 1.807) is 31.4 Å². The summed E-state index contributed by atoms with van der Waals surface area (Å²) in [6.45, 7) is 2.51. The van der Waals surface area contributed by atoms with Gasteiger partial charge in [0.1, 0.15) is 0 Å². The number of hydrogen-bond acceptors (Lipinski definition) is 5. The number of nitrogens with one attached hydrogen (secondary N) is 1. The highest BCUT2D eigenvalue weighted by molar-refractivity contribution is 5.95. The maximum Gasteiger partial charge on any atom is 0.251 e. The Morgan fingerprint density at radius 3 is 2.41 bits per heavy atom. The maximum atomic E-state index is 12.7. The molecule has 0 saturated carbocycles. The zero-order valence-electron chi connectivity index (χ0n) is 17.9. The minimum atomic E-state index is -0.140. The van der Waals surface area contributed by atoms with Crippen LogP contribution in [0, 0.1) is 6.92 Å². The molecule has 0 atom stereocenters. The Balaban J connectivity index is 1.45. The van der Waals surface area contributed by atoms with Crippen molar-refractivity contribution in [2.75, 3.05) is 7.11 Å². The first-order valence-corrected chi connectivity index (χ1v) is 10.2. The quantitative estimate of drug-likeness (QED) is 0.441. The molecule has 160 valence electrons. The number of ether oxygens (including phenoxy) is 2. The number of rotatable bonds is 7. The molecule has 0 aliphatic carbocycles. The van der Waals surface area contributed by atoms with Gasteiger partial charge in [0.2, 0.25) is 5.88 Å². The highest BCUT2D eigenvalue weighted by atomic mass is 16.5. The van der Waals surface area contributed by atoms with Gasteiger partial charge >= 0.3 is 0 Å². The number of nitrogens with zero attached hydrogens (tertiary/aromatic N) is 2. The van der Waals surface area contributed by atoms with Gasteiger partial charge in [-0.15, -0.1) is 10.2 Å². The molecular formula is C26H23N3O3. The molecule has 0 unspecified atom stereocenters. The largest absolute Gasteiger partial charge is 0.493 e. The van der Waals surface area contributed by atoms with Gasteiger partial charge in [-0.3, -0.25) is 4.79 Å². The van der Waals surface area contributed by atoms with Gasteiger partial charge in [0, 0.05) is 23.7 Å². The molecule has 6 heteroatoms. The van der Waals surface area contributed by atoms with Gasteiger partial charge < -0.3 is 14.8 Å². The molecular weight excluding hydrogens is 402 g/mol. The Hall–Kier alpha value is -4.19. The van der Waals surface area contributed by atoms with Crippen LogP contribution in [0.25, 0.3) is 11.3 Å². The van der Waals surface area contributed by atoms with Crippen LogP contribution in [0.1, 0.15) is 21.5 Å². The van der Waals surface area contributed by atoms with Crippen molar-refractivity contribution in [1.29, 1.82) is 0 Å². The van der Waals surface area contributed by atoms with Crippen molar-refractivity contribution in [2.24, 2.45) is 0 Å². The van der Waals surface area contributed by atoms with Crippen LogP contribution in [0.3, 0.4) is 0 Å². The number of para-hydroxylation sites is 2. The third-order valence-electron chi connectivity index (χ3n) is 5.04. The molecule has 32 heavy (non-hydrogen) atoms. The second-order valence-corrected chi connectivity index (χ2v) is 7.20. The SMILES string of the molecule is COc1ccccc1Oc1ccc(-c2cccc(C(=O)NCc3ccccc3C)c2)nn1. The first kappa shape index (κ1) is 21.1. The standard InChI is InChI=1S/C26H23N3O3/c1-18-8-3-4-9-21(18)17-27-26(30)20-11-7-10-19(16-20)22-14-15-25(29-28-22)32-24-13-6-5-12-23(24)31-2/h3-16H,17H2,1-2H3,(H,27,30). The summed E-state index contributed by atoms with van der Waals surface area (Å²) in [7, 11) is 1.58. The Bertz CT molecular complexity index is 1220. The molecule has 1 N–H and O–H groups in total. The van der Waals surface area contributed by atoms with E-state index in [2.05, 4.69) is 15.5 Å². The number of aromatic nitrogens is 2. The van der Waals surface area contributed by atoms with E-state index in [4.69, 9.17) is 9.47 Å². The molecule has 0 radical (unpaired) electrons. The molecule has 3 aromatic carbocycles. The number of benzene rings is 3. The maximum absolute atomic E-state index is 12.7. The van der Waals surface area contributed by atoms with Crippen molar-refractivity contribution in [3.8, 4) is 28.6 Å². The van der Waals surface area contributed by atoms with E-state index in [-0.39, 0.29) is 5.91 Å². The summed E-state index contributed by atoms with van der Waals surface area (Å²) in [5.41, 5.74) is 4.24. The number of carbonyl (C=O) groups excluding carboxylic acids is 1. The van der Waals surface area contributed by atoms with Gasteiger partial charge in [-0.1, -0.05) is 48.5 Å². The molecule has 0 aliphatic heterocycles. The van der Waals surface area contributed by atoms with E-state index in [0.717, 1.165) is 16.7 Å². The third kappa shape index (κ3) is 4.92. The first-order valence-electron chi connectivity index (χ1n) is 10.2. The highest BCUT2D eigenvalue weighted by Crippen LogP contribution is 2.30. The predicted molar refractivity (Wildman–Crippen MR) is 123 cm³/mol. The van der Waals surface area contributed by atoms with Crippen LogP contribution in [0.15, 0.2) is 84.9 Å². The Morgan fingerprint density at radius 2 is 1.66 bits per heavy atom. The molecule has 4 rings (SSSR count). The Kier molecular flexibility index (Phi) is 6.41. The summed E-state index contributed by atoms with van der Waals surface area (Å²) < 4.78 is 11.1. The normalized spacial score (nSPS) is 10.4. The zero-order chi connectivity index (χ0) is 22.3. The minimum Gasteiger partial charge on any atom is -0.493 e. The van der Waals surface area contributed by atoms with Crippen LogP contribution < -0.4 is 14.8 Å². The lowest BCUT2D eigenvalue weighted by Crippen LogP contribution is -2.23. The zero-order valence-corrected chi connectivity index (χ0v) is 17.9. The smallest absolute Gasteiger partial charge is 0.251 e. The van der Waals surface area contributed by atoms with Crippen LogP contribution in [0.2, 0.25) is 0 Å². The van der Waals surface area contributed by atoms with Crippen molar-refractivity contribution >= 4 is 5.91 Å². The van der Waals surface area contributed by atoms with Gasteiger partial charge in [0.15, 0.2) is 11.5 Å². The highest BCUT2D eigenvalue weighted by Gasteiger charge is 2.10. The average Bonchev–Trinajstić information content (AvgIpc) is 2.84. The Morgan fingerprint density at radius 1 is 0.875 bits per heavy atom. The van der Waals surface area contributed by atoms with E-state index >= 15 is 0 Å². The molecule has 1 amide bonds. The van der Waals surface area contributed by atoms with Crippen LogP contribution in [0.5, 0.6) is 17.4 Å². The van der Waals surface area contributed by atoms with E-state index in [0.29, 0.717) is 35.2 Å². The number of aryl methyl sites for hydroxylation is 1. The number of amides is 1. The van der Waals surface area contributed by atoms with Crippen LogP contribution in [-0.2, 0) is 6.54 Å². The van der Waals surface area contributed by atoms with Crippen molar-refractivity contribution in [1.82, 2.24) is 15.5 Å². The minimum absolute atomic E-state index is 0.140. The van der Waals surface area contributed by atoms with Crippen molar-refractivity contribution in [2.45, 2.75) is 13.5 Å². The molecule has 0 aliphatic rings.